The lowest BCUT2D eigenvalue weighted by Gasteiger charge is -2.14. The second-order valence-corrected chi connectivity index (χ2v) is 8.59. The van der Waals surface area contributed by atoms with Crippen LogP contribution >= 0.6 is 0 Å². The number of rotatable bonds is 10. The summed E-state index contributed by atoms with van der Waals surface area (Å²) in [6.07, 6.45) is 2.13. The fourth-order valence-corrected chi connectivity index (χ4v) is 3.46. The van der Waals surface area contributed by atoms with E-state index in [4.69, 9.17) is 14.2 Å². The molecule has 1 atom stereocenters. The number of hydrogen-bond acceptors (Lipinski definition) is 4. The summed E-state index contributed by atoms with van der Waals surface area (Å²) < 4.78 is 59.8. The van der Waals surface area contributed by atoms with Crippen molar-refractivity contribution in [3.63, 3.8) is 0 Å². The van der Waals surface area contributed by atoms with E-state index in [1.165, 1.54) is 25.1 Å². The van der Waals surface area contributed by atoms with Crippen LogP contribution in [0.4, 0.5) is 13.2 Å². The van der Waals surface area contributed by atoms with E-state index < -0.39 is 17.5 Å². The van der Waals surface area contributed by atoms with Gasteiger partial charge in [-0.05, 0) is 55.5 Å². The first-order valence-electron chi connectivity index (χ1n) is 11.4. The van der Waals surface area contributed by atoms with Crippen molar-refractivity contribution in [2.24, 2.45) is 5.92 Å². The molecule has 1 amide bonds. The molecule has 0 heterocycles. The Morgan fingerprint density at radius 1 is 0.914 bits per heavy atom. The Morgan fingerprint density at radius 3 is 2.20 bits per heavy atom. The number of nitrogens with one attached hydrogen (secondary N) is 1. The maximum absolute atomic E-state index is 14.6. The van der Waals surface area contributed by atoms with Gasteiger partial charge in [-0.25, -0.2) is 13.2 Å². The van der Waals surface area contributed by atoms with Gasteiger partial charge in [0.2, 0.25) is 5.91 Å². The van der Waals surface area contributed by atoms with E-state index in [0.717, 1.165) is 30.5 Å². The van der Waals surface area contributed by atoms with Crippen molar-refractivity contribution in [2.45, 2.75) is 39.3 Å². The van der Waals surface area contributed by atoms with Crippen molar-refractivity contribution in [2.75, 3.05) is 6.61 Å². The molecule has 0 saturated heterocycles. The van der Waals surface area contributed by atoms with Crippen LogP contribution < -0.4 is 19.5 Å². The normalized spacial score (nSPS) is 13.7. The maximum atomic E-state index is 14.6. The topological polar surface area (TPSA) is 56.8 Å². The largest absolute Gasteiger partial charge is 0.490 e. The molecule has 1 N–H and O–H groups in total. The molecule has 35 heavy (non-hydrogen) atoms. The lowest BCUT2D eigenvalue weighted by atomic mass is 10.1. The Hall–Kier alpha value is -3.68. The minimum Gasteiger partial charge on any atom is -0.490 e. The summed E-state index contributed by atoms with van der Waals surface area (Å²) in [4.78, 5) is 11.2. The molecule has 1 saturated carbocycles. The van der Waals surface area contributed by atoms with Gasteiger partial charge in [0.25, 0.3) is 0 Å². The number of ether oxygens (including phenoxy) is 3. The van der Waals surface area contributed by atoms with Gasteiger partial charge in [0.1, 0.15) is 35.5 Å². The summed E-state index contributed by atoms with van der Waals surface area (Å²) in [5.41, 5.74) is 0.619. The highest BCUT2D eigenvalue weighted by atomic mass is 19.1. The molecular weight excluding hydrogens is 459 g/mol. The molecule has 1 aliphatic carbocycles. The number of amides is 1. The smallest absolute Gasteiger partial charge is 0.217 e. The predicted octanol–water partition coefficient (Wildman–Crippen LogP) is 6.46. The van der Waals surface area contributed by atoms with Crippen LogP contribution in [-0.2, 0) is 11.4 Å². The minimum atomic E-state index is -0.830. The molecule has 0 aliphatic heterocycles. The van der Waals surface area contributed by atoms with Crippen LogP contribution in [0.1, 0.15) is 43.9 Å². The van der Waals surface area contributed by atoms with Gasteiger partial charge in [-0.1, -0.05) is 12.1 Å². The third-order valence-electron chi connectivity index (χ3n) is 5.61. The number of benzene rings is 3. The fraction of sp³-hybridized carbons (Fsp3) is 0.296. The number of carbonyl (C=O) groups excluding carboxylic acids is 1. The van der Waals surface area contributed by atoms with Crippen molar-refractivity contribution in [3.05, 3.63) is 83.2 Å². The molecule has 8 heteroatoms. The van der Waals surface area contributed by atoms with E-state index in [-0.39, 0.29) is 41.4 Å². The highest BCUT2D eigenvalue weighted by molar-refractivity contribution is 5.73. The van der Waals surface area contributed by atoms with Crippen LogP contribution in [0.25, 0.3) is 0 Å². The maximum Gasteiger partial charge on any atom is 0.217 e. The highest BCUT2D eigenvalue weighted by Gasteiger charge is 2.22. The molecular formula is C27H26F3NO4. The van der Waals surface area contributed by atoms with E-state index in [9.17, 15) is 18.0 Å². The molecule has 0 bridgehead atoms. The summed E-state index contributed by atoms with van der Waals surface area (Å²) in [5.74, 6) is -1.29. The van der Waals surface area contributed by atoms with Crippen LogP contribution in [0.15, 0.2) is 54.6 Å². The van der Waals surface area contributed by atoms with Gasteiger partial charge in [0.05, 0.1) is 18.2 Å². The van der Waals surface area contributed by atoms with Gasteiger partial charge in [0, 0.05) is 25.1 Å². The van der Waals surface area contributed by atoms with Crippen molar-refractivity contribution in [3.8, 4) is 23.0 Å². The summed E-state index contributed by atoms with van der Waals surface area (Å²) in [6.45, 7) is 3.39. The lowest BCUT2D eigenvalue weighted by molar-refractivity contribution is -0.119. The first kappa shape index (κ1) is 24.4. The Balaban J connectivity index is 1.39. The first-order chi connectivity index (χ1) is 16.8. The van der Waals surface area contributed by atoms with Gasteiger partial charge >= 0.3 is 0 Å². The van der Waals surface area contributed by atoms with Crippen LogP contribution in [0.2, 0.25) is 0 Å². The summed E-state index contributed by atoms with van der Waals surface area (Å²) in [6, 6.07) is 12.7. The molecule has 0 radical (unpaired) electrons. The average molecular weight is 486 g/mol. The van der Waals surface area contributed by atoms with Gasteiger partial charge < -0.3 is 19.5 Å². The molecule has 1 aliphatic rings. The molecule has 0 aromatic heterocycles. The number of carbonyl (C=O) groups is 1. The van der Waals surface area contributed by atoms with E-state index in [0.29, 0.717) is 18.3 Å². The Bertz CT molecular complexity index is 1170. The van der Waals surface area contributed by atoms with Gasteiger partial charge in [0.15, 0.2) is 11.6 Å². The standard InChI is InChI=1S/C27H26F3NO4/c1-16(31-17(2)32)19-5-7-20(8-6-19)33-15-23-25(29)11-22(12-26(23)30)35-21-9-10-24(28)27(13-21)34-14-18-3-4-18/h5-13,16,18H,3-4,14-15H2,1-2H3,(H,31,32). The average Bonchev–Trinajstić information content (AvgIpc) is 3.63. The molecule has 1 unspecified atom stereocenters. The molecule has 1 fully saturated rings. The third kappa shape index (κ3) is 6.68. The number of hydrogen-bond donors (Lipinski definition) is 1. The molecule has 184 valence electrons. The minimum absolute atomic E-state index is 0.0397. The van der Waals surface area contributed by atoms with Gasteiger partial charge in [-0.2, -0.15) is 0 Å². The predicted molar refractivity (Wildman–Crippen MR) is 124 cm³/mol. The monoisotopic (exact) mass is 485 g/mol. The summed E-state index contributed by atoms with van der Waals surface area (Å²) in [7, 11) is 0. The van der Waals surface area contributed by atoms with Crippen molar-refractivity contribution < 1.29 is 32.2 Å². The summed E-state index contributed by atoms with van der Waals surface area (Å²) in [5, 5.41) is 2.78. The summed E-state index contributed by atoms with van der Waals surface area (Å²) >= 11 is 0. The Kier molecular flexibility index (Phi) is 7.48. The second kappa shape index (κ2) is 10.7. The highest BCUT2D eigenvalue weighted by Crippen LogP contribution is 2.33. The third-order valence-corrected chi connectivity index (χ3v) is 5.61. The quantitative estimate of drug-likeness (QED) is 0.358. The van der Waals surface area contributed by atoms with E-state index in [2.05, 4.69) is 5.32 Å². The van der Waals surface area contributed by atoms with Crippen LogP contribution in [0.5, 0.6) is 23.0 Å². The van der Waals surface area contributed by atoms with Crippen molar-refractivity contribution in [1.82, 2.24) is 5.32 Å². The van der Waals surface area contributed by atoms with Crippen LogP contribution in [-0.4, -0.2) is 12.5 Å². The lowest BCUT2D eigenvalue weighted by Crippen LogP contribution is -2.23. The SMILES string of the molecule is CC(=O)NC(C)c1ccc(OCc2c(F)cc(Oc3ccc(F)c(OCC4CC4)c3)cc2F)cc1. The Morgan fingerprint density at radius 2 is 1.57 bits per heavy atom. The second-order valence-electron chi connectivity index (χ2n) is 8.59. The first-order valence-corrected chi connectivity index (χ1v) is 11.4. The van der Waals surface area contributed by atoms with E-state index >= 15 is 0 Å². The molecule has 3 aromatic rings. The van der Waals surface area contributed by atoms with Gasteiger partial charge in [-0.3, -0.25) is 4.79 Å². The zero-order valence-electron chi connectivity index (χ0n) is 19.4. The van der Waals surface area contributed by atoms with Gasteiger partial charge in [-0.15, -0.1) is 0 Å². The van der Waals surface area contributed by atoms with Crippen molar-refractivity contribution in [1.29, 1.82) is 0 Å². The molecule has 0 spiro atoms. The van der Waals surface area contributed by atoms with E-state index in [1.54, 1.807) is 24.3 Å². The number of halogens is 3. The molecule has 5 nitrogen and oxygen atoms in total. The fourth-order valence-electron chi connectivity index (χ4n) is 3.46. The Labute approximate surface area is 201 Å². The molecule has 4 rings (SSSR count). The zero-order valence-corrected chi connectivity index (χ0v) is 19.4. The van der Waals surface area contributed by atoms with Crippen LogP contribution in [0.3, 0.4) is 0 Å². The van der Waals surface area contributed by atoms with Crippen LogP contribution in [0, 0.1) is 23.4 Å². The van der Waals surface area contributed by atoms with Crippen molar-refractivity contribution >= 4 is 5.91 Å². The molecule has 3 aromatic carbocycles. The zero-order chi connectivity index (χ0) is 24.9. The van der Waals surface area contributed by atoms with E-state index in [1.807, 2.05) is 6.92 Å².